The van der Waals surface area contributed by atoms with E-state index >= 15 is 0 Å². The normalized spacial score (nSPS) is 11.7. The van der Waals surface area contributed by atoms with Crippen molar-refractivity contribution in [1.29, 1.82) is 0 Å². The zero-order valence-electron chi connectivity index (χ0n) is 11.4. The van der Waals surface area contributed by atoms with Gasteiger partial charge in [-0.15, -0.1) is 0 Å². The van der Waals surface area contributed by atoms with Crippen molar-refractivity contribution in [3.8, 4) is 0 Å². The summed E-state index contributed by atoms with van der Waals surface area (Å²) in [6.07, 6.45) is 0.676. The van der Waals surface area contributed by atoms with Gasteiger partial charge in [0, 0.05) is 24.8 Å². The summed E-state index contributed by atoms with van der Waals surface area (Å²) < 4.78 is 0. The average molecular weight is 312 g/mol. The minimum Gasteiger partial charge on any atom is -0.480 e. The Kier molecular flexibility index (Phi) is 6.67. The Hall–Kier alpha value is -2.09. The second-order valence-corrected chi connectivity index (χ2v) is 5.49. The molecule has 8 heteroatoms. The highest BCUT2D eigenvalue weighted by Crippen LogP contribution is 2.14. The lowest BCUT2D eigenvalue weighted by Crippen LogP contribution is -2.41. The summed E-state index contributed by atoms with van der Waals surface area (Å²) >= 11 is 1.41. The van der Waals surface area contributed by atoms with Crippen molar-refractivity contribution in [1.82, 2.24) is 5.32 Å². The number of carboxylic acids is 1. The standard InChI is InChI=1S/C13H16N2O5S/c1-9(16)14-12(13(17)18)8-21-7-6-10-2-4-11(5-3-10)15(19)20/h2-5,12H,6-8H2,1H3,(H,14,16)(H,17,18). The molecule has 0 radical (unpaired) electrons. The van der Waals surface area contributed by atoms with Crippen molar-refractivity contribution in [2.75, 3.05) is 11.5 Å². The minimum absolute atomic E-state index is 0.0444. The molecule has 21 heavy (non-hydrogen) atoms. The van der Waals surface area contributed by atoms with Crippen LogP contribution in [0.5, 0.6) is 0 Å². The van der Waals surface area contributed by atoms with Crippen molar-refractivity contribution in [3.05, 3.63) is 39.9 Å². The van der Waals surface area contributed by atoms with E-state index in [9.17, 15) is 19.7 Å². The molecule has 1 amide bonds. The SMILES string of the molecule is CC(=O)NC(CSCCc1ccc([N+](=O)[O-])cc1)C(=O)O. The molecule has 0 aliphatic rings. The number of nitrogens with one attached hydrogen (secondary N) is 1. The van der Waals surface area contributed by atoms with Gasteiger partial charge in [-0.1, -0.05) is 12.1 Å². The van der Waals surface area contributed by atoms with E-state index in [0.717, 1.165) is 5.56 Å². The van der Waals surface area contributed by atoms with Crippen LogP contribution in [0, 0.1) is 10.1 Å². The second kappa shape index (κ2) is 8.25. The highest BCUT2D eigenvalue weighted by Gasteiger charge is 2.17. The number of nitro groups is 1. The van der Waals surface area contributed by atoms with Gasteiger partial charge in [0.2, 0.25) is 5.91 Å². The molecule has 1 aromatic rings. The highest BCUT2D eigenvalue weighted by atomic mass is 32.2. The van der Waals surface area contributed by atoms with Crippen LogP contribution in [0.3, 0.4) is 0 Å². The van der Waals surface area contributed by atoms with E-state index in [2.05, 4.69) is 5.32 Å². The fourth-order valence-electron chi connectivity index (χ4n) is 1.60. The van der Waals surface area contributed by atoms with E-state index in [1.54, 1.807) is 12.1 Å². The molecule has 0 aliphatic carbocycles. The van der Waals surface area contributed by atoms with E-state index in [-0.39, 0.29) is 17.3 Å². The van der Waals surface area contributed by atoms with Gasteiger partial charge >= 0.3 is 5.97 Å². The fraction of sp³-hybridized carbons (Fsp3) is 0.385. The number of aryl methyl sites for hydroxylation is 1. The number of carboxylic acid groups (broad SMARTS) is 1. The van der Waals surface area contributed by atoms with Gasteiger partial charge in [0.1, 0.15) is 6.04 Å². The van der Waals surface area contributed by atoms with Gasteiger partial charge in [0.25, 0.3) is 5.69 Å². The summed E-state index contributed by atoms with van der Waals surface area (Å²) in [5.41, 5.74) is 0.988. The van der Waals surface area contributed by atoms with Crippen molar-refractivity contribution < 1.29 is 19.6 Å². The lowest BCUT2D eigenvalue weighted by molar-refractivity contribution is -0.384. The van der Waals surface area contributed by atoms with Crippen LogP contribution in [-0.4, -0.2) is 39.5 Å². The highest BCUT2D eigenvalue weighted by molar-refractivity contribution is 7.99. The predicted octanol–water partition coefficient (Wildman–Crippen LogP) is 1.46. The Bertz CT molecular complexity index is 518. The monoisotopic (exact) mass is 312 g/mol. The summed E-state index contributed by atoms with van der Waals surface area (Å²) in [4.78, 5) is 31.8. The summed E-state index contributed by atoms with van der Waals surface area (Å²) in [7, 11) is 0. The Morgan fingerprint density at radius 2 is 2.00 bits per heavy atom. The first-order valence-electron chi connectivity index (χ1n) is 6.21. The van der Waals surface area contributed by atoms with E-state index in [0.29, 0.717) is 12.2 Å². The van der Waals surface area contributed by atoms with Crippen LogP contribution in [0.2, 0.25) is 0 Å². The summed E-state index contributed by atoms with van der Waals surface area (Å²) in [5, 5.41) is 21.8. The van der Waals surface area contributed by atoms with E-state index in [4.69, 9.17) is 5.11 Å². The molecular weight excluding hydrogens is 296 g/mol. The van der Waals surface area contributed by atoms with Crippen LogP contribution < -0.4 is 5.32 Å². The van der Waals surface area contributed by atoms with Gasteiger partial charge < -0.3 is 10.4 Å². The molecule has 1 aromatic carbocycles. The van der Waals surface area contributed by atoms with Crippen LogP contribution in [0.1, 0.15) is 12.5 Å². The molecule has 0 aliphatic heterocycles. The van der Waals surface area contributed by atoms with Crippen LogP contribution in [0.15, 0.2) is 24.3 Å². The van der Waals surface area contributed by atoms with Gasteiger partial charge in [-0.2, -0.15) is 11.8 Å². The first-order valence-corrected chi connectivity index (χ1v) is 7.36. The maximum absolute atomic E-state index is 10.9. The maximum atomic E-state index is 10.9. The van der Waals surface area contributed by atoms with Crippen molar-refractivity contribution >= 4 is 29.3 Å². The molecule has 1 rings (SSSR count). The molecule has 0 aromatic heterocycles. The molecule has 1 unspecified atom stereocenters. The number of non-ortho nitro benzene ring substituents is 1. The molecule has 0 bridgehead atoms. The molecule has 0 fully saturated rings. The Balaban J connectivity index is 2.37. The van der Waals surface area contributed by atoms with Crippen molar-refractivity contribution in [2.24, 2.45) is 0 Å². The van der Waals surface area contributed by atoms with E-state index < -0.39 is 16.9 Å². The van der Waals surface area contributed by atoms with Crippen LogP contribution in [-0.2, 0) is 16.0 Å². The summed E-state index contributed by atoms with van der Waals surface area (Å²) in [6.45, 7) is 1.28. The maximum Gasteiger partial charge on any atom is 0.327 e. The number of carbonyl (C=O) groups excluding carboxylic acids is 1. The lowest BCUT2D eigenvalue weighted by atomic mass is 10.1. The summed E-state index contributed by atoms with van der Waals surface area (Å²) in [5.74, 6) is -0.491. The molecule has 0 spiro atoms. The molecule has 1 atom stereocenters. The zero-order valence-corrected chi connectivity index (χ0v) is 12.3. The van der Waals surface area contributed by atoms with E-state index in [1.165, 1.54) is 30.8 Å². The summed E-state index contributed by atoms with van der Waals surface area (Å²) in [6, 6.07) is 5.35. The molecule has 0 saturated heterocycles. The second-order valence-electron chi connectivity index (χ2n) is 4.34. The van der Waals surface area contributed by atoms with Gasteiger partial charge in [0.15, 0.2) is 0 Å². The predicted molar refractivity (Wildman–Crippen MR) is 79.4 cm³/mol. The van der Waals surface area contributed by atoms with Crippen LogP contribution >= 0.6 is 11.8 Å². The van der Waals surface area contributed by atoms with Gasteiger partial charge in [-0.25, -0.2) is 4.79 Å². The van der Waals surface area contributed by atoms with Gasteiger partial charge in [0.05, 0.1) is 4.92 Å². The number of benzene rings is 1. The average Bonchev–Trinajstić information content (AvgIpc) is 2.42. The molecule has 0 saturated carbocycles. The smallest absolute Gasteiger partial charge is 0.327 e. The number of nitrogens with zero attached hydrogens (tertiary/aromatic N) is 1. The first kappa shape index (κ1) is 17.0. The fourth-order valence-corrected chi connectivity index (χ4v) is 2.60. The van der Waals surface area contributed by atoms with Crippen LogP contribution in [0.25, 0.3) is 0 Å². The molecular formula is C13H16N2O5S. The molecule has 7 nitrogen and oxygen atoms in total. The van der Waals surface area contributed by atoms with Crippen molar-refractivity contribution in [3.63, 3.8) is 0 Å². The Morgan fingerprint density at radius 3 is 2.48 bits per heavy atom. The number of rotatable bonds is 8. The number of carbonyl (C=O) groups is 2. The topological polar surface area (TPSA) is 110 Å². The third-order valence-corrected chi connectivity index (χ3v) is 3.70. The van der Waals surface area contributed by atoms with Crippen molar-refractivity contribution in [2.45, 2.75) is 19.4 Å². The van der Waals surface area contributed by atoms with Crippen LogP contribution in [0.4, 0.5) is 5.69 Å². The van der Waals surface area contributed by atoms with Gasteiger partial charge in [-0.3, -0.25) is 14.9 Å². The quantitative estimate of drug-likeness (QED) is 0.427. The minimum atomic E-state index is -1.06. The first-order chi connectivity index (χ1) is 9.90. The molecule has 2 N–H and O–H groups in total. The number of aliphatic carboxylic acids is 1. The number of thioether (sulfide) groups is 1. The molecule has 114 valence electrons. The zero-order chi connectivity index (χ0) is 15.8. The third-order valence-electron chi connectivity index (χ3n) is 2.64. The van der Waals surface area contributed by atoms with E-state index in [1.807, 2.05) is 0 Å². The molecule has 0 heterocycles. The number of amides is 1. The number of hydrogen-bond acceptors (Lipinski definition) is 5. The third kappa shape index (κ3) is 6.26. The lowest BCUT2D eigenvalue weighted by Gasteiger charge is -2.12. The number of hydrogen-bond donors (Lipinski definition) is 2. The largest absolute Gasteiger partial charge is 0.480 e. The van der Waals surface area contributed by atoms with Gasteiger partial charge in [-0.05, 0) is 17.7 Å². The number of nitro benzene ring substituents is 1. The Labute approximate surface area is 125 Å². The Morgan fingerprint density at radius 1 is 1.38 bits per heavy atom.